The highest BCUT2D eigenvalue weighted by atomic mass is 19.4. The molecule has 0 fully saturated rings. The minimum absolute atomic E-state index is 0.0982. The molecule has 9 heteroatoms. The molecule has 3 N–H and O–H groups in total. The van der Waals surface area contributed by atoms with Crippen LogP contribution in [0.25, 0.3) is 16.9 Å². The second kappa shape index (κ2) is 9.47. The summed E-state index contributed by atoms with van der Waals surface area (Å²) in [4.78, 5) is 8.14. The molecule has 3 rings (SSSR count). The Kier molecular flexibility index (Phi) is 6.94. The zero-order chi connectivity index (χ0) is 22.6. The summed E-state index contributed by atoms with van der Waals surface area (Å²) in [7, 11) is 0. The molecule has 0 bridgehead atoms. The van der Waals surface area contributed by atoms with Crippen LogP contribution >= 0.6 is 0 Å². The fourth-order valence-corrected chi connectivity index (χ4v) is 3.47. The van der Waals surface area contributed by atoms with Gasteiger partial charge in [0.15, 0.2) is 0 Å². The largest absolute Gasteiger partial charge is 0.419 e. The summed E-state index contributed by atoms with van der Waals surface area (Å²) in [5.74, 6) is 0.180. The predicted octanol–water partition coefficient (Wildman–Crippen LogP) is 5.11. The minimum atomic E-state index is -4.58. The van der Waals surface area contributed by atoms with Crippen LogP contribution in [0.15, 0.2) is 36.8 Å². The number of hydrogen-bond donors (Lipinski definition) is 2. The van der Waals surface area contributed by atoms with E-state index in [1.807, 2.05) is 32.0 Å². The maximum Gasteiger partial charge on any atom is 0.419 e. The molecule has 2 aromatic heterocycles. The Morgan fingerprint density at radius 2 is 1.97 bits per heavy atom. The summed E-state index contributed by atoms with van der Waals surface area (Å²) < 4.78 is 42.5. The number of benzene rings is 1. The first-order valence-corrected chi connectivity index (χ1v) is 10.3. The van der Waals surface area contributed by atoms with Gasteiger partial charge in [0.1, 0.15) is 5.56 Å². The Balaban J connectivity index is 2.01. The summed E-state index contributed by atoms with van der Waals surface area (Å²) in [5, 5.41) is 7.43. The van der Waals surface area contributed by atoms with Crippen molar-refractivity contribution >= 4 is 5.95 Å². The fraction of sp³-hybridized carbons (Fsp3) is 0.409. The van der Waals surface area contributed by atoms with E-state index in [0.717, 1.165) is 42.3 Å². The number of rotatable bonds is 8. The van der Waals surface area contributed by atoms with Gasteiger partial charge in [-0.3, -0.25) is 0 Å². The molecule has 31 heavy (non-hydrogen) atoms. The summed E-state index contributed by atoms with van der Waals surface area (Å²) in [6.45, 7) is 6.39. The molecule has 0 aliphatic carbocycles. The first-order valence-electron chi connectivity index (χ1n) is 10.3. The van der Waals surface area contributed by atoms with Crippen molar-refractivity contribution < 1.29 is 13.2 Å². The molecule has 0 radical (unpaired) electrons. The van der Waals surface area contributed by atoms with E-state index in [1.165, 1.54) is 6.20 Å². The number of anilines is 1. The number of halogens is 3. The Labute approximate surface area is 179 Å². The summed E-state index contributed by atoms with van der Waals surface area (Å²) in [6, 6.07) is 5.75. The van der Waals surface area contributed by atoms with Crippen LogP contribution in [-0.4, -0.2) is 25.8 Å². The third kappa shape index (κ3) is 5.22. The molecule has 0 saturated carbocycles. The minimum Gasteiger partial charge on any atom is -0.351 e. The third-order valence-electron chi connectivity index (χ3n) is 5.16. The van der Waals surface area contributed by atoms with Crippen molar-refractivity contribution in [1.82, 2.24) is 19.7 Å². The molecule has 0 aliphatic rings. The molecular formula is C22H27F3N6. The summed E-state index contributed by atoms with van der Waals surface area (Å²) >= 11 is 0. The van der Waals surface area contributed by atoms with Gasteiger partial charge in [-0.05, 0) is 37.0 Å². The van der Waals surface area contributed by atoms with Crippen molar-refractivity contribution in [2.24, 2.45) is 5.73 Å². The maximum atomic E-state index is 13.7. The van der Waals surface area contributed by atoms with Crippen molar-refractivity contribution in [3.05, 3.63) is 53.5 Å². The van der Waals surface area contributed by atoms with Gasteiger partial charge >= 0.3 is 6.18 Å². The highest BCUT2D eigenvalue weighted by Crippen LogP contribution is 2.36. The lowest BCUT2D eigenvalue weighted by molar-refractivity contribution is -0.137. The lowest BCUT2D eigenvalue weighted by atomic mass is 10.1. The molecule has 6 nitrogen and oxygen atoms in total. The Morgan fingerprint density at radius 1 is 1.19 bits per heavy atom. The van der Waals surface area contributed by atoms with Crippen LogP contribution in [0.5, 0.6) is 0 Å². The third-order valence-corrected chi connectivity index (χ3v) is 5.16. The predicted molar refractivity (Wildman–Crippen MR) is 115 cm³/mol. The molecule has 166 valence electrons. The topological polar surface area (TPSA) is 81.7 Å². The van der Waals surface area contributed by atoms with Crippen LogP contribution < -0.4 is 11.1 Å². The van der Waals surface area contributed by atoms with Crippen molar-refractivity contribution in [2.45, 2.75) is 58.8 Å². The van der Waals surface area contributed by atoms with E-state index in [1.54, 1.807) is 10.9 Å². The summed E-state index contributed by atoms with van der Waals surface area (Å²) in [5.41, 5.74) is 7.51. The fourth-order valence-electron chi connectivity index (χ4n) is 3.47. The molecule has 3 aromatic rings. The molecule has 0 spiro atoms. The van der Waals surface area contributed by atoms with E-state index in [9.17, 15) is 13.2 Å². The zero-order valence-electron chi connectivity index (χ0n) is 17.9. The van der Waals surface area contributed by atoms with Gasteiger partial charge in [-0.15, -0.1) is 0 Å². The van der Waals surface area contributed by atoms with Gasteiger partial charge in [0.2, 0.25) is 5.95 Å². The smallest absolute Gasteiger partial charge is 0.351 e. The molecular weight excluding hydrogens is 405 g/mol. The number of aryl methyl sites for hydroxylation is 1. The number of nitrogens with two attached hydrogens (primary N) is 1. The van der Waals surface area contributed by atoms with E-state index in [2.05, 4.69) is 27.3 Å². The van der Waals surface area contributed by atoms with E-state index in [-0.39, 0.29) is 23.2 Å². The second-order valence-corrected chi connectivity index (χ2v) is 7.49. The number of hydrogen-bond acceptors (Lipinski definition) is 5. The van der Waals surface area contributed by atoms with Gasteiger partial charge in [0.25, 0.3) is 0 Å². The van der Waals surface area contributed by atoms with Crippen LogP contribution in [-0.2, 0) is 12.7 Å². The lowest BCUT2D eigenvalue weighted by Gasteiger charge is -2.17. The maximum absolute atomic E-state index is 13.7. The number of alkyl halides is 3. The Bertz CT molecular complexity index is 1030. The van der Waals surface area contributed by atoms with Crippen LogP contribution in [0.3, 0.4) is 0 Å². The SMILES string of the molecule is CCCC(CC)Nc1ncc(C(F)(F)F)c(-c2cnn(-c3ccc(CN)cc3C)c2)n1. The van der Waals surface area contributed by atoms with Gasteiger partial charge in [-0.1, -0.05) is 32.4 Å². The van der Waals surface area contributed by atoms with Crippen molar-refractivity contribution in [2.75, 3.05) is 5.32 Å². The van der Waals surface area contributed by atoms with E-state index in [4.69, 9.17) is 5.73 Å². The van der Waals surface area contributed by atoms with E-state index < -0.39 is 11.7 Å². The highest BCUT2D eigenvalue weighted by Gasteiger charge is 2.36. The Morgan fingerprint density at radius 3 is 2.58 bits per heavy atom. The number of nitrogens with zero attached hydrogens (tertiary/aromatic N) is 4. The first kappa shape index (κ1) is 22.7. The zero-order valence-corrected chi connectivity index (χ0v) is 17.9. The van der Waals surface area contributed by atoms with Gasteiger partial charge in [0.05, 0.1) is 17.6 Å². The molecule has 1 unspecified atom stereocenters. The van der Waals surface area contributed by atoms with Gasteiger partial charge < -0.3 is 11.1 Å². The summed E-state index contributed by atoms with van der Waals surface area (Å²) in [6.07, 6.45) is 1.85. The average Bonchev–Trinajstić information content (AvgIpc) is 3.22. The van der Waals surface area contributed by atoms with Gasteiger partial charge in [-0.25, -0.2) is 14.6 Å². The van der Waals surface area contributed by atoms with Gasteiger partial charge in [0, 0.05) is 30.5 Å². The standard InChI is InChI=1S/C22H27F3N6/c1-4-6-17(5-2)29-21-27-12-18(22(23,24)25)20(30-21)16-11-28-31(13-16)19-8-7-15(10-26)9-14(19)3/h7-9,11-13,17H,4-6,10,26H2,1-3H3,(H,27,29,30). The average molecular weight is 432 g/mol. The van der Waals surface area contributed by atoms with Crippen LogP contribution in [0.2, 0.25) is 0 Å². The quantitative estimate of drug-likeness (QED) is 0.517. The normalized spacial score (nSPS) is 12.7. The lowest BCUT2D eigenvalue weighted by Crippen LogP contribution is -2.20. The van der Waals surface area contributed by atoms with E-state index in [0.29, 0.717) is 6.54 Å². The molecule has 2 heterocycles. The second-order valence-electron chi connectivity index (χ2n) is 7.49. The van der Waals surface area contributed by atoms with Crippen LogP contribution in [0.1, 0.15) is 49.8 Å². The molecule has 1 atom stereocenters. The molecule has 1 aromatic carbocycles. The van der Waals surface area contributed by atoms with Crippen LogP contribution in [0, 0.1) is 6.92 Å². The van der Waals surface area contributed by atoms with Crippen molar-refractivity contribution in [3.63, 3.8) is 0 Å². The molecule has 0 aliphatic heterocycles. The van der Waals surface area contributed by atoms with Crippen LogP contribution in [0.4, 0.5) is 19.1 Å². The van der Waals surface area contributed by atoms with E-state index >= 15 is 0 Å². The highest BCUT2D eigenvalue weighted by molar-refractivity contribution is 5.64. The Hall–Kier alpha value is -2.94. The van der Waals surface area contributed by atoms with Gasteiger partial charge in [-0.2, -0.15) is 18.3 Å². The van der Waals surface area contributed by atoms with Crippen molar-refractivity contribution in [1.29, 1.82) is 0 Å². The first-order chi connectivity index (χ1) is 14.8. The van der Waals surface area contributed by atoms with Crippen molar-refractivity contribution in [3.8, 4) is 16.9 Å². The molecule has 0 amide bonds. The number of aromatic nitrogens is 4. The number of nitrogens with one attached hydrogen (secondary N) is 1. The monoisotopic (exact) mass is 432 g/mol. The molecule has 0 saturated heterocycles.